The Bertz CT molecular complexity index is 1330. The smallest absolute Gasteiger partial charge is 0.411 e. The molecule has 38 heavy (non-hydrogen) atoms. The molecule has 2 aromatic carbocycles. The van der Waals surface area contributed by atoms with Crippen molar-refractivity contribution in [2.24, 2.45) is 0 Å². The molecule has 10 heteroatoms. The Kier molecular flexibility index (Phi) is 8.23. The van der Waals surface area contributed by atoms with Crippen LogP contribution >= 0.6 is 11.6 Å². The van der Waals surface area contributed by atoms with Crippen molar-refractivity contribution in [2.75, 3.05) is 24.6 Å². The molecular formula is C28H30ClN5O4. The third kappa shape index (κ3) is 6.84. The van der Waals surface area contributed by atoms with E-state index in [-0.39, 0.29) is 31.6 Å². The van der Waals surface area contributed by atoms with Crippen molar-refractivity contribution >= 4 is 29.3 Å². The summed E-state index contributed by atoms with van der Waals surface area (Å²) in [4.78, 5) is 33.2. The average Bonchev–Trinajstić information content (AvgIpc) is 3.37. The van der Waals surface area contributed by atoms with E-state index < -0.39 is 11.7 Å². The lowest BCUT2D eigenvalue weighted by molar-refractivity contribution is -0.122. The minimum atomic E-state index is -0.706. The number of amides is 2. The molecule has 1 atom stereocenters. The molecule has 1 fully saturated rings. The molecule has 0 aliphatic carbocycles. The predicted octanol–water partition coefficient (Wildman–Crippen LogP) is 4.88. The highest BCUT2D eigenvalue weighted by Gasteiger charge is 2.37. The first-order valence-corrected chi connectivity index (χ1v) is 12.7. The minimum Gasteiger partial charge on any atom is -0.492 e. The molecule has 1 aromatic heterocycles. The van der Waals surface area contributed by atoms with E-state index in [4.69, 9.17) is 21.1 Å². The summed E-state index contributed by atoms with van der Waals surface area (Å²) in [5, 5.41) is 10.1. The third-order valence-electron chi connectivity index (χ3n) is 5.99. The van der Waals surface area contributed by atoms with Crippen LogP contribution in [0.3, 0.4) is 0 Å². The fourth-order valence-electron chi connectivity index (χ4n) is 4.22. The third-order valence-corrected chi connectivity index (χ3v) is 6.22. The Balaban J connectivity index is 1.50. The van der Waals surface area contributed by atoms with Gasteiger partial charge in [-0.15, -0.1) is 0 Å². The van der Waals surface area contributed by atoms with Gasteiger partial charge >= 0.3 is 6.09 Å². The number of anilines is 1. The van der Waals surface area contributed by atoms with Gasteiger partial charge in [0.15, 0.2) is 0 Å². The van der Waals surface area contributed by atoms with Crippen molar-refractivity contribution in [2.45, 2.75) is 45.4 Å². The van der Waals surface area contributed by atoms with Gasteiger partial charge in [-0.05, 0) is 56.7 Å². The van der Waals surface area contributed by atoms with E-state index in [0.717, 1.165) is 5.56 Å². The molecule has 0 bridgehead atoms. The first kappa shape index (κ1) is 27.0. The second-order valence-corrected chi connectivity index (χ2v) is 10.5. The number of piperazine rings is 1. The molecule has 1 saturated heterocycles. The van der Waals surface area contributed by atoms with E-state index >= 15 is 0 Å². The second-order valence-electron chi connectivity index (χ2n) is 10.1. The van der Waals surface area contributed by atoms with Gasteiger partial charge < -0.3 is 18.9 Å². The van der Waals surface area contributed by atoms with Gasteiger partial charge in [-0.3, -0.25) is 9.69 Å². The molecule has 9 nitrogen and oxygen atoms in total. The minimum absolute atomic E-state index is 0.129. The van der Waals surface area contributed by atoms with Crippen LogP contribution in [0, 0.1) is 11.3 Å². The Morgan fingerprint density at radius 1 is 1.24 bits per heavy atom. The highest BCUT2D eigenvalue weighted by Crippen LogP contribution is 2.27. The van der Waals surface area contributed by atoms with Gasteiger partial charge in [-0.2, -0.15) is 5.26 Å². The van der Waals surface area contributed by atoms with Crippen molar-refractivity contribution < 1.29 is 19.1 Å². The van der Waals surface area contributed by atoms with Crippen LogP contribution < -0.4 is 9.64 Å². The molecule has 0 saturated carbocycles. The molecule has 3 aromatic rings. The van der Waals surface area contributed by atoms with Gasteiger partial charge in [0.05, 0.1) is 24.5 Å². The molecule has 4 rings (SSSR count). The van der Waals surface area contributed by atoms with Crippen molar-refractivity contribution in [3.8, 4) is 11.8 Å². The number of aromatic nitrogens is 2. The number of ether oxygens (including phenoxy) is 2. The molecule has 2 amide bonds. The predicted molar refractivity (Wildman–Crippen MR) is 143 cm³/mol. The zero-order chi connectivity index (χ0) is 27.3. The number of hydrogen-bond acceptors (Lipinski definition) is 6. The molecule has 2 heterocycles. The Hall–Kier alpha value is -4.03. The number of rotatable bonds is 7. The van der Waals surface area contributed by atoms with Crippen molar-refractivity contribution in [1.82, 2.24) is 14.5 Å². The second kappa shape index (κ2) is 11.6. The number of carbonyl (C=O) groups excluding carboxylic acids is 2. The number of carbonyl (C=O) groups is 2. The van der Waals surface area contributed by atoms with Crippen LogP contribution in [0.25, 0.3) is 0 Å². The number of nitriles is 1. The summed E-state index contributed by atoms with van der Waals surface area (Å²) < 4.78 is 13.6. The quantitative estimate of drug-likeness (QED) is 0.427. The summed E-state index contributed by atoms with van der Waals surface area (Å²) in [6, 6.07) is 14.3. The van der Waals surface area contributed by atoms with Crippen LogP contribution in [0.1, 0.15) is 38.3 Å². The van der Waals surface area contributed by atoms with Gasteiger partial charge in [0.25, 0.3) is 0 Å². The Morgan fingerprint density at radius 3 is 2.74 bits per heavy atom. The van der Waals surface area contributed by atoms with Crippen LogP contribution in [0.2, 0.25) is 5.02 Å². The lowest BCUT2D eigenvalue weighted by Crippen LogP contribution is -2.59. The average molecular weight is 536 g/mol. The number of benzene rings is 2. The maximum absolute atomic E-state index is 13.0. The Morgan fingerprint density at radius 2 is 2.05 bits per heavy atom. The maximum Gasteiger partial charge on any atom is 0.411 e. The molecular weight excluding hydrogens is 506 g/mol. The maximum atomic E-state index is 13.0. The highest BCUT2D eigenvalue weighted by atomic mass is 35.5. The molecule has 1 aliphatic heterocycles. The summed E-state index contributed by atoms with van der Waals surface area (Å²) in [6.07, 6.45) is 5.15. The number of halogens is 1. The molecule has 198 valence electrons. The van der Waals surface area contributed by atoms with Crippen LogP contribution in [0.4, 0.5) is 10.5 Å². The van der Waals surface area contributed by atoms with Crippen LogP contribution in [-0.2, 0) is 16.1 Å². The van der Waals surface area contributed by atoms with E-state index in [1.54, 1.807) is 62.5 Å². The van der Waals surface area contributed by atoms with Crippen molar-refractivity contribution in [3.63, 3.8) is 0 Å². The van der Waals surface area contributed by atoms with E-state index in [1.165, 1.54) is 4.90 Å². The van der Waals surface area contributed by atoms with Crippen molar-refractivity contribution in [1.29, 1.82) is 5.26 Å². The summed E-state index contributed by atoms with van der Waals surface area (Å²) >= 11 is 6.16. The lowest BCUT2D eigenvalue weighted by Gasteiger charge is -2.41. The zero-order valence-electron chi connectivity index (χ0n) is 21.6. The normalized spacial score (nSPS) is 15.8. The van der Waals surface area contributed by atoms with Gasteiger partial charge in [0, 0.05) is 42.6 Å². The molecule has 0 spiro atoms. The first-order chi connectivity index (χ1) is 18.1. The molecule has 0 N–H and O–H groups in total. The Labute approximate surface area is 227 Å². The zero-order valence-corrected chi connectivity index (χ0v) is 22.4. The standard InChI is InChI=1S/C28H30ClN5O4/c1-28(2,3)38-27(36)34-18-26(35)33(23-6-4-5-22(29)14-23)17-24(34)9-12-37-25-13-20(7-8-21(25)15-30)16-32-11-10-31-19-32/h4-8,10-11,13-14,19,24H,9,12,16-18H2,1-3H3. The largest absolute Gasteiger partial charge is 0.492 e. The molecule has 1 aliphatic rings. The van der Waals surface area contributed by atoms with Gasteiger partial charge in [0.2, 0.25) is 5.91 Å². The van der Waals surface area contributed by atoms with Crippen LogP contribution in [-0.4, -0.2) is 57.8 Å². The highest BCUT2D eigenvalue weighted by molar-refractivity contribution is 6.30. The van der Waals surface area contributed by atoms with Gasteiger partial charge in [-0.1, -0.05) is 23.7 Å². The summed E-state index contributed by atoms with van der Waals surface area (Å²) in [5.74, 6) is 0.238. The van der Waals surface area contributed by atoms with E-state index in [2.05, 4.69) is 11.1 Å². The van der Waals surface area contributed by atoms with E-state index in [0.29, 0.717) is 35.0 Å². The summed E-state index contributed by atoms with van der Waals surface area (Å²) in [6.45, 7) is 6.30. The number of imidazole rings is 1. The monoisotopic (exact) mass is 535 g/mol. The van der Waals surface area contributed by atoms with Crippen LogP contribution in [0.5, 0.6) is 5.75 Å². The summed E-state index contributed by atoms with van der Waals surface area (Å²) in [5.41, 5.74) is 1.34. The van der Waals surface area contributed by atoms with E-state index in [1.807, 2.05) is 29.0 Å². The van der Waals surface area contributed by atoms with Crippen LogP contribution in [0.15, 0.2) is 61.2 Å². The van der Waals surface area contributed by atoms with Gasteiger partial charge in [-0.25, -0.2) is 9.78 Å². The van der Waals surface area contributed by atoms with Crippen molar-refractivity contribution in [3.05, 3.63) is 77.3 Å². The van der Waals surface area contributed by atoms with Gasteiger partial charge in [0.1, 0.15) is 24.0 Å². The first-order valence-electron chi connectivity index (χ1n) is 12.3. The number of nitrogens with zero attached hydrogens (tertiary/aromatic N) is 5. The summed E-state index contributed by atoms with van der Waals surface area (Å²) in [7, 11) is 0. The fraction of sp³-hybridized carbons (Fsp3) is 0.357. The van der Waals surface area contributed by atoms with E-state index in [9.17, 15) is 14.9 Å². The SMILES string of the molecule is CC(C)(C)OC(=O)N1CC(=O)N(c2cccc(Cl)c2)CC1CCOc1cc(Cn2ccnc2)ccc1C#N. The molecule has 1 unspecified atom stereocenters. The fourth-order valence-corrected chi connectivity index (χ4v) is 4.40. The lowest BCUT2D eigenvalue weighted by atomic mass is 10.1. The molecule has 0 radical (unpaired) electrons. The topological polar surface area (TPSA) is 101 Å². The number of hydrogen-bond donors (Lipinski definition) is 0.